The number of hydrogen-bond acceptors (Lipinski definition) is 11. The van der Waals surface area contributed by atoms with Crippen molar-refractivity contribution in [1.29, 1.82) is 0 Å². The van der Waals surface area contributed by atoms with E-state index in [-0.39, 0.29) is 36.0 Å². The zero-order chi connectivity index (χ0) is 33.0. The van der Waals surface area contributed by atoms with E-state index >= 15 is 0 Å². The summed E-state index contributed by atoms with van der Waals surface area (Å²) in [6.45, 7) is 11.6. The van der Waals surface area contributed by atoms with Gasteiger partial charge in [0.25, 0.3) is 17.5 Å². The van der Waals surface area contributed by atoms with Crippen molar-refractivity contribution < 1.29 is 42.1 Å². The first-order chi connectivity index (χ1) is 21.9. The maximum Gasteiger partial charge on any atom is 0.510 e. The van der Waals surface area contributed by atoms with Crippen LogP contribution in [-0.2, 0) is 14.3 Å². The molecule has 1 saturated carbocycles. The van der Waals surface area contributed by atoms with Crippen LogP contribution in [0.4, 0.5) is 9.18 Å². The Hall–Kier alpha value is -4.16. The molecular formula is C33H43FN4O8. The monoisotopic (exact) mass is 642 g/mol. The third-order valence-electron chi connectivity index (χ3n) is 7.71. The van der Waals surface area contributed by atoms with E-state index in [1.807, 2.05) is 32.9 Å². The van der Waals surface area contributed by atoms with Gasteiger partial charge in [-0.3, -0.25) is 4.79 Å². The van der Waals surface area contributed by atoms with Crippen LogP contribution in [0.3, 0.4) is 0 Å². The first kappa shape index (κ1) is 33.2. The highest BCUT2D eigenvalue weighted by atomic mass is 19.1. The van der Waals surface area contributed by atoms with Gasteiger partial charge in [0.15, 0.2) is 18.4 Å². The van der Waals surface area contributed by atoms with Crippen molar-refractivity contribution in [2.24, 2.45) is 0 Å². The van der Waals surface area contributed by atoms with E-state index in [0.717, 1.165) is 30.4 Å². The Morgan fingerprint density at radius 1 is 1.02 bits per heavy atom. The Morgan fingerprint density at radius 2 is 1.76 bits per heavy atom. The number of halogens is 1. The highest BCUT2D eigenvalue weighted by molar-refractivity contribution is 5.79. The summed E-state index contributed by atoms with van der Waals surface area (Å²) in [4.78, 5) is 40.2. The first-order valence-electron chi connectivity index (χ1n) is 16.0. The number of ether oxygens (including phenoxy) is 5. The van der Waals surface area contributed by atoms with Crippen LogP contribution < -0.4 is 14.2 Å². The molecule has 3 atom stereocenters. The number of nitrogens with zero attached hydrogens (tertiary/aromatic N) is 4. The molecule has 1 aliphatic carbocycles. The molecule has 1 amide bonds. The van der Waals surface area contributed by atoms with Gasteiger partial charge in [-0.2, -0.15) is 9.97 Å². The number of carbonyl (C=O) groups is 2. The molecule has 1 aliphatic heterocycles. The van der Waals surface area contributed by atoms with Crippen LogP contribution in [0.2, 0.25) is 0 Å². The number of fused-ring (bicyclic) bond motifs is 1. The number of aryl methyl sites for hydroxylation is 2. The molecule has 0 N–H and O–H groups in total. The first-order valence-corrected chi connectivity index (χ1v) is 16.0. The number of hydrogen-bond donors (Lipinski definition) is 0. The van der Waals surface area contributed by atoms with Gasteiger partial charge in [0.1, 0.15) is 23.6 Å². The van der Waals surface area contributed by atoms with Crippen molar-refractivity contribution >= 4 is 23.3 Å². The highest BCUT2D eigenvalue weighted by Crippen LogP contribution is 2.35. The predicted molar refractivity (Wildman–Crippen MR) is 166 cm³/mol. The normalized spacial score (nSPS) is 20.1. The number of amides is 1. The molecule has 0 spiro atoms. The van der Waals surface area contributed by atoms with E-state index in [1.54, 1.807) is 20.8 Å². The van der Waals surface area contributed by atoms with Crippen molar-refractivity contribution in [3.05, 3.63) is 23.3 Å². The number of oxazole rings is 1. The average molecular weight is 643 g/mol. The second kappa shape index (κ2) is 14.1. The van der Waals surface area contributed by atoms with E-state index in [9.17, 15) is 14.0 Å². The van der Waals surface area contributed by atoms with Gasteiger partial charge in [-0.25, -0.2) is 14.2 Å². The average Bonchev–Trinajstić information content (AvgIpc) is 3.63. The molecule has 3 heterocycles. The minimum atomic E-state index is -1.08. The van der Waals surface area contributed by atoms with Crippen molar-refractivity contribution in [3.8, 4) is 29.1 Å². The van der Waals surface area contributed by atoms with Crippen molar-refractivity contribution in [1.82, 2.24) is 19.9 Å². The van der Waals surface area contributed by atoms with Crippen molar-refractivity contribution in [2.75, 3.05) is 19.8 Å². The largest absolute Gasteiger partial charge is 0.510 e. The molecule has 2 aromatic heterocycles. The SMILES string of the molecule is CCCOc1nc(O[C@@H]2CCCC[C@H]2F)nc2oc(-c3cc(C)c(OCC(=O)N4CCC[C@@H]4OC(=O)OC(C)(C)C)c(C)c3)nc12. The number of aromatic nitrogens is 3. The maximum absolute atomic E-state index is 14.5. The molecule has 1 aromatic carbocycles. The lowest BCUT2D eigenvalue weighted by Gasteiger charge is -2.26. The van der Waals surface area contributed by atoms with E-state index in [2.05, 4.69) is 15.0 Å². The number of benzene rings is 1. The zero-order valence-corrected chi connectivity index (χ0v) is 27.4. The van der Waals surface area contributed by atoms with Crippen LogP contribution in [0.5, 0.6) is 17.6 Å². The number of alkyl halides is 1. The molecule has 13 heteroatoms. The van der Waals surface area contributed by atoms with Gasteiger partial charge in [-0.15, -0.1) is 0 Å². The number of likely N-dealkylation sites (tertiary alicyclic amines) is 1. The van der Waals surface area contributed by atoms with Crippen LogP contribution in [-0.4, -0.2) is 75.8 Å². The summed E-state index contributed by atoms with van der Waals surface area (Å²) in [5, 5.41) is 0. The van der Waals surface area contributed by atoms with Crippen LogP contribution in [0.1, 0.15) is 83.8 Å². The number of carbonyl (C=O) groups excluding carboxylic acids is 2. The van der Waals surface area contributed by atoms with Gasteiger partial charge < -0.3 is 33.0 Å². The summed E-state index contributed by atoms with van der Waals surface area (Å²) in [6, 6.07) is 3.68. The van der Waals surface area contributed by atoms with E-state index in [4.69, 9.17) is 28.1 Å². The minimum absolute atomic E-state index is 0.00614. The Morgan fingerprint density at radius 3 is 2.46 bits per heavy atom. The van der Waals surface area contributed by atoms with Gasteiger partial charge in [0, 0.05) is 18.5 Å². The molecule has 12 nitrogen and oxygen atoms in total. The Bertz CT molecular complexity index is 1530. The van der Waals surface area contributed by atoms with Gasteiger partial charge in [0.2, 0.25) is 5.89 Å². The number of rotatable bonds is 10. The fourth-order valence-corrected chi connectivity index (χ4v) is 5.62. The Balaban J connectivity index is 1.30. The van der Waals surface area contributed by atoms with E-state index in [0.29, 0.717) is 55.7 Å². The molecule has 3 aromatic rings. The molecule has 250 valence electrons. The van der Waals surface area contributed by atoms with Crippen molar-refractivity contribution in [3.63, 3.8) is 0 Å². The summed E-state index contributed by atoms with van der Waals surface area (Å²) in [6.07, 6.45) is 1.53. The third kappa shape index (κ3) is 7.97. The molecule has 5 rings (SSSR count). The highest BCUT2D eigenvalue weighted by Gasteiger charge is 2.34. The Kier molecular flexibility index (Phi) is 10.2. The summed E-state index contributed by atoms with van der Waals surface area (Å²) in [5.41, 5.74) is 2.00. The lowest BCUT2D eigenvalue weighted by molar-refractivity contribution is -0.142. The molecule has 0 unspecified atom stereocenters. The Labute approximate surface area is 267 Å². The molecule has 0 radical (unpaired) electrons. The topological polar surface area (TPSA) is 135 Å². The van der Waals surface area contributed by atoms with E-state index in [1.165, 1.54) is 4.90 Å². The third-order valence-corrected chi connectivity index (χ3v) is 7.71. The quantitative estimate of drug-likeness (QED) is 0.221. The second-order valence-corrected chi connectivity index (χ2v) is 12.8. The molecule has 2 fully saturated rings. The van der Waals surface area contributed by atoms with Crippen LogP contribution in [0.25, 0.3) is 22.7 Å². The van der Waals surface area contributed by atoms with E-state index < -0.39 is 30.3 Å². The molecule has 2 aliphatic rings. The summed E-state index contributed by atoms with van der Waals surface area (Å²) in [7, 11) is 0. The lowest BCUT2D eigenvalue weighted by Crippen LogP contribution is -2.41. The summed E-state index contributed by atoms with van der Waals surface area (Å²) in [5.74, 6) is 0.756. The standard InChI is InChI=1S/C33H43FN4O8/c1-7-15-41-29-26-30(37-31(36-29)43-23-12-9-8-11-22(23)34)45-28(35-26)21-16-19(2)27(20(3)17-21)42-18-24(39)38-14-10-13-25(38)44-32(40)46-33(4,5)6/h16-17,22-23,25H,7-15,18H2,1-6H3/t22-,23-,25+/m1/s1. The lowest BCUT2D eigenvalue weighted by atomic mass is 9.96. The molecular weight excluding hydrogens is 599 g/mol. The second-order valence-electron chi connectivity index (χ2n) is 12.8. The summed E-state index contributed by atoms with van der Waals surface area (Å²) < 4.78 is 48.9. The van der Waals surface area contributed by atoms with Gasteiger partial charge in [0.05, 0.1) is 6.61 Å². The molecule has 1 saturated heterocycles. The smallest absolute Gasteiger partial charge is 0.483 e. The predicted octanol–water partition coefficient (Wildman–Crippen LogP) is 6.63. The molecule has 0 bridgehead atoms. The maximum atomic E-state index is 14.5. The van der Waals surface area contributed by atoms with Crippen LogP contribution in [0, 0.1) is 13.8 Å². The van der Waals surface area contributed by atoms with Gasteiger partial charge in [-0.05, 0) is 90.0 Å². The van der Waals surface area contributed by atoms with Crippen LogP contribution >= 0.6 is 0 Å². The van der Waals surface area contributed by atoms with Crippen molar-refractivity contribution in [2.45, 2.75) is 111 Å². The minimum Gasteiger partial charge on any atom is -0.483 e. The van der Waals surface area contributed by atoms with Crippen LogP contribution in [0.15, 0.2) is 16.5 Å². The molecule has 46 heavy (non-hydrogen) atoms. The fraction of sp³-hybridized carbons (Fsp3) is 0.606. The van der Waals surface area contributed by atoms with Gasteiger partial charge in [-0.1, -0.05) is 13.3 Å². The summed E-state index contributed by atoms with van der Waals surface area (Å²) >= 11 is 0. The zero-order valence-electron chi connectivity index (χ0n) is 27.4. The fourth-order valence-electron chi connectivity index (χ4n) is 5.62. The van der Waals surface area contributed by atoms with Gasteiger partial charge >= 0.3 is 12.2 Å².